The highest BCUT2D eigenvalue weighted by Gasteiger charge is 2.26. The summed E-state index contributed by atoms with van der Waals surface area (Å²) in [5, 5.41) is 0. The molecular formula is C13H14N2O. The van der Waals surface area contributed by atoms with E-state index in [9.17, 15) is 4.79 Å². The smallest absolute Gasteiger partial charge is 0.260 e. The van der Waals surface area contributed by atoms with Gasteiger partial charge in [-0.3, -0.25) is 4.79 Å². The summed E-state index contributed by atoms with van der Waals surface area (Å²) in [6.45, 7) is 7.84. The molecule has 1 heterocycles. The summed E-state index contributed by atoms with van der Waals surface area (Å²) in [6, 6.07) is 7.49. The third kappa shape index (κ3) is 1.33. The quantitative estimate of drug-likeness (QED) is 0.661. The van der Waals surface area contributed by atoms with E-state index in [0.717, 1.165) is 11.4 Å². The molecular weight excluding hydrogens is 200 g/mol. The Morgan fingerprint density at radius 3 is 2.25 bits per heavy atom. The molecule has 2 rings (SSSR count). The summed E-state index contributed by atoms with van der Waals surface area (Å²) in [7, 11) is 3.60. The zero-order valence-electron chi connectivity index (χ0n) is 9.53. The SMILES string of the molecule is C=C1C(=C)N(C)c2ccccc2C(=O)N1C. The largest absolute Gasteiger partial charge is 0.343 e. The van der Waals surface area contributed by atoms with Crippen molar-refractivity contribution < 1.29 is 4.79 Å². The predicted molar refractivity (Wildman–Crippen MR) is 65.2 cm³/mol. The van der Waals surface area contributed by atoms with E-state index in [2.05, 4.69) is 13.2 Å². The molecule has 16 heavy (non-hydrogen) atoms. The molecule has 0 saturated carbocycles. The van der Waals surface area contributed by atoms with Crippen molar-refractivity contribution in [3.8, 4) is 0 Å². The normalized spacial score (nSPS) is 16.2. The van der Waals surface area contributed by atoms with E-state index in [1.807, 2.05) is 36.2 Å². The Hall–Kier alpha value is -2.03. The minimum absolute atomic E-state index is 0.0499. The average molecular weight is 214 g/mol. The minimum atomic E-state index is -0.0499. The fourth-order valence-corrected chi connectivity index (χ4v) is 1.78. The van der Waals surface area contributed by atoms with Crippen molar-refractivity contribution >= 4 is 11.6 Å². The van der Waals surface area contributed by atoms with Crippen molar-refractivity contribution in [1.29, 1.82) is 0 Å². The third-order valence-electron chi connectivity index (χ3n) is 2.94. The summed E-state index contributed by atoms with van der Waals surface area (Å²) < 4.78 is 0. The van der Waals surface area contributed by atoms with Crippen LogP contribution in [0.25, 0.3) is 0 Å². The maximum Gasteiger partial charge on any atom is 0.260 e. The monoisotopic (exact) mass is 214 g/mol. The lowest BCUT2D eigenvalue weighted by Crippen LogP contribution is -2.25. The lowest BCUT2D eigenvalue weighted by Gasteiger charge is -2.22. The molecule has 0 bridgehead atoms. The molecule has 0 aromatic heterocycles. The molecule has 0 N–H and O–H groups in total. The molecule has 3 nitrogen and oxygen atoms in total. The molecule has 82 valence electrons. The van der Waals surface area contributed by atoms with E-state index in [-0.39, 0.29) is 5.91 Å². The van der Waals surface area contributed by atoms with Gasteiger partial charge in [0, 0.05) is 14.1 Å². The number of rotatable bonds is 0. The summed E-state index contributed by atoms with van der Waals surface area (Å²) in [5.41, 5.74) is 2.90. The standard InChI is InChI=1S/C13H14N2O/c1-9-10(2)15(4)13(16)11-7-5-6-8-12(11)14(9)3/h5-8H,1-2H2,3-4H3. The van der Waals surface area contributed by atoms with Gasteiger partial charge in [0.2, 0.25) is 0 Å². The number of para-hydroxylation sites is 1. The average Bonchev–Trinajstić information content (AvgIpc) is 2.38. The van der Waals surface area contributed by atoms with Crippen LogP contribution in [0.15, 0.2) is 48.8 Å². The van der Waals surface area contributed by atoms with Gasteiger partial charge in [0.1, 0.15) is 0 Å². The second-order valence-electron chi connectivity index (χ2n) is 3.83. The highest BCUT2D eigenvalue weighted by Crippen LogP contribution is 2.30. The van der Waals surface area contributed by atoms with E-state index in [1.54, 1.807) is 7.05 Å². The number of likely N-dealkylation sites (N-methyl/N-ethyl adjacent to an activating group) is 2. The van der Waals surface area contributed by atoms with Crippen molar-refractivity contribution in [2.45, 2.75) is 0 Å². The minimum Gasteiger partial charge on any atom is -0.343 e. The zero-order chi connectivity index (χ0) is 11.9. The van der Waals surface area contributed by atoms with Gasteiger partial charge in [-0.2, -0.15) is 0 Å². The first kappa shape index (κ1) is 10.5. The second-order valence-corrected chi connectivity index (χ2v) is 3.83. The van der Waals surface area contributed by atoms with Crippen molar-refractivity contribution in [2.24, 2.45) is 0 Å². The molecule has 0 saturated heterocycles. The fourth-order valence-electron chi connectivity index (χ4n) is 1.78. The number of carbonyl (C=O) groups is 1. The Bertz CT molecular complexity index is 490. The van der Waals surface area contributed by atoms with Crippen LogP contribution in [0.5, 0.6) is 0 Å². The number of fused-ring (bicyclic) bond motifs is 1. The van der Waals surface area contributed by atoms with Crippen LogP contribution >= 0.6 is 0 Å². The van der Waals surface area contributed by atoms with Crippen LogP contribution in [0.2, 0.25) is 0 Å². The van der Waals surface area contributed by atoms with Gasteiger partial charge in [-0.15, -0.1) is 0 Å². The molecule has 1 aliphatic rings. The topological polar surface area (TPSA) is 23.6 Å². The maximum atomic E-state index is 12.1. The predicted octanol–water partition coefficient (Wildman–Crippen LogP) is 2.24. The van der Waals surface area contributed by atoms with Crippen LogP contribution in [-0.4, -0.2) is 24.9 Å². The first-order chi connectivity index (χ1) is 7.54. The molecule has 0 atom stereocenters. The first-order valence-electron chi connectivity index (χ1n) is 5.03. The first-order valence-corrected chi connectivity index (χ1v) is 5.03. The summed E-state index contributed by atoms with van der Waals surface area (Å²) in [4.78, 5) is 15.6. The fraction of sp³-hybridized carbons (Fsp3) is 0.154. The van der Waals surface area contributed by atoms with E-state index in [0.29, 0.717) is 11.3 Å². The van der Waals surface area contributed by atoms with E-state index >= 15 is 0 Å². The van der Waals surface area contributed by atoms with Crippen LogP contribution < -0.4 is 4.90 Å². The lowest BCUT2D eigenvalue weighted by atomic mass is 10.1. The number of nitrogens with zero attached hydrogens (tertiary/aromatic N) is 2. The van der Waals surface area contributed by atoms with Crippen LogP contribution in [-0.2, 0) is 0 Å². The Balaban J connectivity index is 2.66. The number of amides is 1. The van der Waals surface area contributed by atoms with Crippen molar-refractivity contribution in [3.63, 3.8) is 0 Å². The molecule has 0 fully saturated rings. The van der Waals surface area contributed by atoms with Gasteiger partial charge >= 0.3 is 0 Å². The second kappa shape index (κ2) is 3.52. The van der Waals surface area contributed by atoms with Gasteiger partial charge in [0.05, 0.1) is 22.6 Å². The van der Waals surface area contributed by atoms with Gasteiger partial charge in [0.25, 0.3) is 5.91 Å². The molecule has 1 aromatic carbocycles. The maximum absolute atomic E-state index is 12.1. The van der Waals surface area contributed by atoms with Crippen LogP contribution in [0.3, 0.4) is 0 Å². The molecule has 1 amide bonds. The highest BCUT2D eigenvalue weighted by molar-refractivity contribution is 6.02. The Morgan fingerprint density at radius 2 is 1.56 bits per heavy atom. The zero-order valence-corrected chi connectivity index (χ0v) is 9.53. The molecule has 1 aromatic rings. The van der Waals surface area contributed by atoms with Gasteiger partial charge < -0.3 is 9.80 Å². The van der Waals surface area contributed by atoms with E-state index in [4.69, 9.17) is 0 Å². The van der Waals surface area contributed by atoms with Gasteiger partial charge in [0.15, 0.2) is 0 Å². The Kier molecular flexibility index (Phi) is 2.31. The summed E-state index contributed by atoms with van der Waals surface area (Å²) in [6.07, 6.45) is 0. The number of hydrogen-bond donors (Lipinski definition) is 0. The van der Waals surface area contributed by atoms with Crippen molar-refractivity contribution in [1.82, 2.24) is 4.90 Å². The van der Waals surface area contributed by atoms with Gasteiger partial charge in [-0.1, -0.05) is 25.3 Å². The molecule has 0 radical (unpaired) electrons. The molecule has 3 heteroatoms. The Labute approximate surface area is 95.3 Å². The number of hydrogen-bond acceptors (Lipinski definition) is 2. The number of carbonyl (C=O) groups excluding carboxylic acids is 1. The third-order valence-corrected chi connectivity index (χ3v) is 2.94. The van der Waals surface area contributed by atoms with Crippen molar-refractivity contribution in [2.75, 3.05) is 19.0 Å². The summed E-state index contributed by atoms with van der Waals surface area (Å²) in [5.74, 6) is -0.0499. The van der Waals surface area contributed by atoms with E-state index < -0.39 is 0 Å². The van der Waals surface area contributed by atoms with Crippen molar-refractivity contribution in [3.05, 3.63) is 54.4 Å². The molecule has 0 aliphatic carbocycles. The lowest BCUT2D eigenvalue weighted by molar-refractivity contribution is 0.0842. The Morgan fingerprint density at radius 1 is 1.00 bits per heavy atom. The van der Waals surface area contributed by atoms with E-state index in [1.165, 1.54) is 4.90 Å². The molecule has 0 unspecified atom stereocenters. The van der Waals surface area contributed by atoms with Crippen LogP contribution in [0, 0.1) is 0 Å². The summed E-state index contributed by atoms with van der Waals surface area (Å²) >= 11 is 0. The number of anilines is 1. The van der Waals surface area contributed by atoms with Crippen LogP contribution in [0.1, 0.15) is 10.4 Å². The van der Waals surface area contributed by atoms with Gasteiger partial charge in [-0.05, 0) is 12.1 Å². The van der Waals surface area contributed by atoms with Gasteiger partial charge in [-0.25, -0.2) is 0 Å². The number of benzene rings is 1. The molecule has 1 aliphatic heterocycles. The molecule has 0 spiro atoms. The van der Waals surface area contributed by atoms with Crippen LogP contribution in [0.4, 0.5) is 5.69 Å². The highest BCUT2D eigenvalue weighted by atomic mass is 16.2.